The van der Waals surface area contributed by atoms with Gasteiger partial charge in [-0.3, -0.25) is 19.7 Å². The van der Waals surface area contributed by atoms with Crippen LogP contribution in [0.5, 0.6) is 0 Å². The molecule has 1 amide bonds. The Morgan fingerprint density at radius 2 is 1.67 bits per heavy atom. The highest BCUT2D eigenvalue weighted by molar-refractivity contribution is 5.83. The molecule has 0 aromatic heterocycles. The van der Waals surface area contributed by atoms with Gasteiger partial charge in [-0.05, 0) is 11.1 Å². The lowest BCUT2D eigenvalue weighted by molar-refractivity contribution is -0.384. The quantitative estimate of drug-likeness (QED) is 0.476. The maximum absolute atomic E-state index is 11.8. The third-order valence-electron chi connectivity index (χ3n) is 3.18. The molecule has 1 N–H and O–H groups in total. The lowest BCUT2D eigenvalue weighted by Crippen LogP contribution is -2.31. The molecule has 124 valence electrons. The minimum Gasteiger partial charge on any atom is -0.460 e. The van der Waals surface area contributed by atoms with Crippen molar-refractivity contribution in [2.75, 3.05) is 6.54 Å². The van der Waals surface area contributed by atoms with Gasteiger partial charge in [0.15, 0.2) is 0 Å². The molecule has 0 saturated heterocycles. The molecule has 2 aromatic carbocycles. The Balaban J connectivity index is 1.72. The van der Waals surface area contributed by atoms with Crippen LogP contribution in [-0.4, -0.2) is 23.3 Å². The number of benzene rings is 2. The van der Waals surface area contributed by atoms with Gasteiger partial charge in [0.2, 0.25) is 5.91 Å². The fourth-order valence-corrected chi connectivity index (χ4v) is 1.94. The Labute approximate surface area is 138 Å². The standard InChI is InChI=1S/C17H16N2O5/c20-16(10-13-6-8-15(9-7-13)19(22)23)18-11-17(21)24-12-14-4-2-1-3-5-14/h1-9H,10-12H2,(H,18,20). The number of carbonyl (C=O) groups excluding carboxylic acids is 2. The number of ether oxygens (including phenoxy) is 1. The van der Waals surface area contributed by atoms with E-state index in [0.717, 1.165) is 5.56 Å². The van der Waals surface area contributed by atoms with Gasteiger partial charge in [0.05, 0.1) is 11.3 Å². The fraction of sp³-hybridized carbons (Fsp3) is 0.176. The number of nitrogens with zero attached hydrogens (tertiary/aromatic N) is 1. The van der Waals surface area contributed by atoms with Gasteiger partial charge in [-0.2, -0.15) is 0 Å². The number of nitrogens with one attached hydrogen (secondary N) is 1. The minimum absolute atomic E-state index is 0.0317. The zero-order valence-electron chi connectivity index (χ0n) is 12.8. The van der Waals surface area contributed by atoms with Gasteiger partial charge >= 0.3 is 5.97 Å². The lowest BCUT2D eigenvalue weighted by atomic mass is 10.1. The van der Waals surface area contributed by atoms with Crippen LogP contribution in [0.1, 0.15) is 11.1 Å². The normalized spacial score (nSPS) is 10.0. The Kier molecular flexibility index (Phi) is 6.01. The molecule has 7 nitrogen and oxygen atoms in total. The molecule has 0 heterocycles. The number of rotatable bonds is 7. The Morgan fingerprint density at radius 3 is 2.29 bits per heavy atom. The van der Waals surface area contributed by atoms with E-state index in [4.69, 9.17) is 4.74 Å². The molecule has 0 atom stereocenters. The molecule has 0 fully saturated rings. The predicted octanol–water partition coefficient (Wildman–Crippen LogP) is 2.00. The van der Waals surface area contributed by atoms with Crippen molar-refractivity contribution in [3.8, 4) is 0 Å². The van der Waals surface area contributed by atoms with E-state index in [0.29, 0.717) is 5.56 Å². The van der Waals surface area contributed by atoms with E-state index in [9.17, 15) is 19.7 Å². The van der Waals surface area contributed by atoms with Crippen molar-refractivity contribution in [3.05, 3.63) is 75.8 Å². The highest BCUT2D eigenvalue weighted by Gasteiger charge is 2.09. The van der Waals surface area contributed by atoms with Crippen LogP contribution in [0.4, 0.5) is 5.69 Å². The number of nitro benzene ring substituents is 1. The van der Waals surface area contributed by atoms with Crippen LogP contribution in [0.25, 0.3) is 0 Å². The van der Waals surface area contributed by atoms with Gasteiger partial charge in [-0.1, -0.05) is 42.5 Å². The van der Waals surface area contributed by atoms with Crippen molar-refractivity contribution >= 4 is 17.6 Å². The summed E-state index contributed by atoms with van der Waals surface area (Å²) < 4.78 is 5.04. The molecule has 7 heteroatoms. The molecule has 0 spiro atoms. The van der Waals surface area contributed by atoms with Crippen LogP contribution in [-0.2, 0) is 27.4 Å². The van der Waals surface area contributed by atoms with Crippen LogP contribution < -0.4 is 5.32 Å². The molecule has 0 bridgehead atoms. The summed E-state index contributed by atoms with van der Waals surface area (Å²) in [6.45, 7) is -0.0729. The Hall–Kier alpha value is -3.22. The summed E-state index contributed by atoms with van der Waals surface area (Å²) in [7, 11) is 0. The summed E-state index contributed by atoms with van der Waals surface area (Å²) in [6, 6.07) is 14.9. The maximum atomic E-state index is 11.8. The van der Waals surface area contributed by atoms with E-state index in [2.05, 4.69) is 5.32 Å². The summed E-state index contributed by atoms with van der Waals surface area (Å²) in [5.41, 5.74) is 1.45. The zero-order valence-corrected chi connectivity index (χ0v) is 12.8. The molecule has 0 aliphatic rings. The van der Waals surface area contributed by atoms with Crippen molar-refractivity contribution < 1.29 is 19.2 Å². The molecule has 0 saturated carbocycles. The molecule has 0 aliphatic carbocycles. The van der Waals surface area contributed by atoms with E-state index in [1.807, 2.05) is 30.3 Å². The average Bonchev–Trinajstić information content (AvgIpc) is 2.59. The molecule has 2 rings (SSSR count). The summed E-state index contributed by atoms with van der Waals surface area (Å²) in [5, 5.41) is 13.0. The first-order chi connectivity index (χ1) is 11.5. The van der Waals surface area contributed by atoms with Crippen LogP contribution >= 0.6 is 0 Å². The monoisotopic (exact) mass is 328 g/mol. The molecule has 0 radical (unpaired) electrons. The SMILES string of the molecule is O=C(Cc1ccc([N+](=O)[O-])cc1)NCC(=O)OCc1ccccc1. The highest BCUT2D eigenvalue weighted by atomic mass is 16.6. The van der Waals surface area contributed by atoms with E-state index in [1.165, 1.54) is 24.3 Å². The largest absolute Gasteiger partial charge is 0.460 e. The fourth-order valence-electron chi connectivity index (χ4n) is 1.94. The number of non-ortho nitro benzene ring substituents is 1. The number of nitro groups is 1. The van der Waals surface area contributed by atoms with Crippen molar-refractivity contribution in [1.29, 1.82) is 0 Å². The Morgan fingerprint density at radius 1 is 1.00 bits per heavy atom. The van der Waals surface area contributed by atoms with Crippen LogP contribution in [0.3, 0.4) is 0 Å². The van der Waals surface area contributed by atoms with Gasteiger partial charge < -0.3 is 10.1 Å². The number of amides is 1. The van der Waals surface area contributed by atoms with Gasteiger partial charge in [-0.25, -0.2) is 0 Å². The summed E-state index contributed by atoms with van der Waals surface area (Å²) in [4.78, 5) is 33.4. The van der Waals surface area contributed by atoms with Crippen LogP contribution in [0.15, 0.2) is 54.6 Å². The van der Waals surface area contributed by atoms with E-state index < -0.39 is 10.9 Å². The second kappa shape index (κ2) is 8.42. The number of esters is 1. The first-order valence-electron chi connectivity index (χ1n) is 7.24. The third-order valence-corrected chi connectivity index (χ3v) is 3.18. The minimum atomic E-state index is -0.532. The van der Waals surface area contributed by atoms with E-state index >= 15 is 0 Å². The van der Waals surface area contributed by atoms with E-state index in [-0.39, 0.29) is 31.2 Å². The van der Waals surface area contributed by atoms with E-state index in [1.54, 1.807) is 0 Å². The average molecular weight is 328 g/mol. The molecule has 0 aliphatic heterocycles. The summed E-state index contributed by atoms with van der Waals surface area (Å²) in [5.74, 6) is -0.892. The van der Waals surface area contributed by atoms with Crippen molar-refractivity contribution in [1.82, 2.24) is 5.32 Å². The second-order valence-electron chi connectivity index (χ2n) is 5.02. The number of carbonyl (C=O) groups is 2. The summed E-state index contributed by atoms with van der Waals surface area (Å²) in [6.07, 6.45) is 0.0317. The third kappa shape index (κ3) is 5.53. The molecule has 2 aromatic rings. The first-order valence-corrected chi connectivity index (χ1v) is 7.24. The zero-order chi connectivity index (χ0) is 17.4. The molecular weight excluding hydrogens is 312 g/mol. The smallest absolute Gasteiger partial charge is 0.325 e. The second-order valence-corrected chi connectivity index (χ2v) is 5.02. The lowest BCUT2D eigenvalue weighted by Gasteiger charge is -2.07. The van der Waals surface area contributed by atoms with Crippen LogP contribution in [0.2, 0.25) is 0 Å². The molecular formula is C17H16N2O5. The van der Waals surface area contributed by atoms with Gasteiger partial charge in [0, 0.05) is 12.1 Å². The summed E-state index contributed by atoms with van der Waals surface area (Å²) >= 11 is 0. The topological polar surface area (TPSA) is 98.5 Å². The van der Waals surface area contributed by atoms with Gasteiger partial charge in [-0.15, -0.1) is 0 Å². The van der Waals surface area contributed by atoms with Gasteiger partial charge in [0.1, 0.15) is 13.2 Å². The van der Waals surface area contributed by atoms with Crippen molar-refractivity contribution in [2.24, 2.45) is 0 Å². The molecule has 0 unspecified atom stereocenters. The Bertz CT molecular complexity index is 714. The van der Waals surface area contributed by atoms with Crippen LogP contribution in [0, 0.1) is 10.1 Å². The molecule has 24 heavy (non-hydrogen) atoms. The predicted molar refractivity (Wildman–Crippen MR) is 86.0 cm³/mol. The number of hydrogen-bond acceptors (Lipinski definition) is 5. The number of hydrogen-bond donors (Lipinski definition) is 1. The van der Waals surface area contributed by atoms with Crippen molar-refractivity contribution in [2.45, 2.75) is 13.0 Å². The maximum Gasteiger partial charge on any atom is 0.325 e. The van der Waals surface area contributed by atoms with Crippen molar-refractivity contribution in [3.63, 3.8) is 0 Å². The van der Waals surface area contributed by atoms with Gasteiger partial charge in [0.25, 0.3) is 5.69 Å². The first kappa shape index (κ1) is 17.1. The highest BCUT2D eigenvalue weighted by Crippen LogP contribution is 2.12.